The second-order valence-electron chi connectivity index (χ2n) is 9.40. The van der Waals surface area contributed by atoms with Crippen molar-refractivity contribution in [2.45, 2.75) is 42.7 Å². The lowest BCUT2D eigenvalue weighted by Gasteiger charge is -2.57. The van der Waals surface area contributed by atoms with Crippen LogP contribution in [0.25, 0.3) is 11.1 Å². The summed E-state index contributed by atoms with van der Waals surface area (Å²) in [5.41, 5.74) is 4.26. The molecule has 0 unspecified atom stereocenters. The predicted molar refractivity (Wildman–Crippen MR) is 135 cm³/mol. The molecule has 6 heteroatoms. The van der Waals surface area contributed by atoms with E-state index < -0.39 is 10.0 Å². The largest absolute Gasteiger partial charge is 0.395 e. The van der Waals surface area contributed by atoms with Gasteiger partial charge in [0.15, 0.2) is 0 Å². The monoisotopic (exact) mass is 476 g/mol. The van der Waals surface area contributed by atoms with Gasteiger partial charge in [0.1, 0.15) is 0 Å². The molecule has 2 fully saturated rings. The Labute approximate surface area is 202 Å². The van der Waals surface area contributed by atoms with E-state index in [0.29, 0.717) is 18.0 Å². The molecule has 0 radical (unpaired) electrons. The van der Waals surface area contributed by atoms with E-state index in [0.717, 1.165) is 36.1 Å². The van der Waals surface area contributed by atoms with Gasteiger partial charge in [0.05, 0.1) is 11.5 Å². The number of fused-ring (bicyclic) bond motifs is 1. The van der Waals surface area contributed by atoms with Gasteiger partial charge in [-0.15, -0.1) is 0 Å². The van der Waals surface area contributed by atoms with Crippen LogP contribution < -0.4 is 0 Å². The third-order valence-electron chi connectivity index (χ3n) is 7.45. The quantitative estimate of drug-likeness (QED) is 0.597. The Hall–Kier alpha value is -2.51. The normalized spacial score (nSPS) is 24.0. The molecule has 3 aromatic rings. The summed E-state index contributed by atoms with van der Waals surface area (Å²) in [6.45, 7) is 3.80. The summed E-state index contributed by atoms with van der Waals surface area (Å²) in [7, 11) is -3.58. The molecule has 2 heterocycles. The Morgan fingerprint density at radius 2 is 1.50 bits per heavy atom. The van der Waals surface area contributed by atoms with Crippen molar-refractivity contribution in [3.8, 4) is 11.1 Å². The fourth-order valence-corrected chi connectivity index (χ4v) is 7.36. The van der Waals surface area contributed by atoms with Crippen molar-refractivity contribution >= 4 is 10.0 Å². The first kappa shape index (κ1) is 23.2. The van der Waals surface area contributed by atoms with Crippen molar-refractivity contribution in [3.05, 3.63) is 90.0 Å². The summed E-state index contributed by atoms with van der Waals surface area (Å²) in [4.78, 5) is 2.71. The minimum atomic E-state index is -3.58. The molecule has 0 saturated carbocycles. The molecule has 3 atom stereocenters. The Bertz CT molecular complexity index is 1230. The van der Waals surface area contributed by atoms with Crippen molar-refractivity contribution in [1.82, 2.24) is 9.21 Å². The van der Waals surface area contributed by atoms with E-state index >= 15 is 0 Å². The van der Waals surface area contributed by atoms with Crippen LogP contribution in [0.15, 0.2) is 83.8 Å². The van der Waals surface area contributed by atoms with Crippen molar-refractivity contribution in [3.63, 3.8) is 0 Å². The van der Waals surface area contributed by atoms with Crippen molar-refractivity contribution in [1.29, 1.82) is 0 Å². The number of hydrogen-bond acceptors (Lipinski definition) is 4. The first-order valence-electron chi connectivity index (χ1n) is 12.1. The van der Waals surface area contributed by atoms with Crippen molar-refractivity contribution in [2.24, 2.45) is 0 Å². The van der Waals surface area contributed by atoms with Gasteiger partial charge < -0.3 is 5.11 Å². The Balaban J connectivity index is 1.44. The fourth-order valence-electron chi connectivity index (χ4n) is 5.64. The van der Waals surface area contributed by atoms with Crippen LogP contribution in [0.4, 0.5) is 0 Å². The van der Waals surface area contributed by atoms with E-state index in [-0.39, 0.29) is 24.6 Å². The number of aliphatic hydroxyl groups excluding tert-OH is 1. The maximum atomic E-state index is 13.6. The lowest BCUT2D eigenvalue weighted by atomic mass is 9.74. The third kappa shape index (κ3) is 4.20. The molecule has 5 rings (SSSR count). The van der Waals surface area contributed by atoms with Gasteiger partial charge in [-0.1, -0.05) is 72.8 Å². The summed E-state index contributed by atoms with van der Waals surface area (Å²) < 4.78 is 28.9. The molecule has 2 aliphatic heterocycles. The number of benzene rings is 3. The van der Waals surface area contributed by atoms with Crippen LogP contribution in [0.3, 0.4) is 0 Å². The lowest BCUT2D eigenvalue weighted by Crippen LogP contribution is -2.67. The molecule has 5 nitrogen and oxygen atoms in total. The summed E-state index contributed by atoms with van der Waals surface area (Å²) in [5, 5.41) is 10.2. The third-order valence-corrected chi connectivity index (χ3v) is 9.47. The van der Waals surface area contributed by atoms with Gasteiger partial charge in [0.25, 0.3) is 0 Å². The molecule has 2 saturated heterocycles. The average Bonchev–Trinajstić information content (AvgIpc) is 2.84. The first-order chi connectivity index (χ1) is 16.5. The molecule has 3 aromatic carbocycles. The van der Waals surface area contributed by atoms with E-state index in [4.69, 9.17) is 0 Å². The van der Waals surface area contributed by atoms with Crippen LogP contribution in [-0.2, 0) is 10.0 Å². The van der Waals surface area contributed by atoms with Gasteiger partial charge in [0.2, 0.25) is 10.0 Å². The van der Waals surface area contributed by atoms with Crippen LogP contribution >= 0.6 is 0 Å². The molecular weight excluding hydrogens is 444 g/mol. The zero-order valence-electron chi connectivity index (χ0n) is 19.5. The number of rotatable bonds is 5. The predicted octanol–water partition coefficient (Wildman–Crippen LogP) is 4.28. The van der Waals surface area contributed by atoms with Crippen molar-refractivity contribution in [2.75, 3.05) is 26.2 Å². The summed E-state index contributed by atoms with van der Waals surface area (Å²) in [5.74, 6) is 0.0995. The van der Waals surface area contributed by atoms with Gasteiger partial charge >= 0.3 is 0 Å². The van der Waals surface area contributed by atoms with Gasteiger partial charge in [-0.2, -0.15) is 4.31 Å². The SMILES string of the molecule is Cc1ccccc1S(=O)(=O)N1CCCCN2[C@H](CO)[C@@H](c3ccc(-c4ccccc4)cc3)[C@@H]2C1. The lowest BCUT2D eigenvalue weighted by molar-refractivity contribution is -0.0553. The van der Waals surface area contributed by atoms with Crippen LogP contribution in [-0.4, -0.2) is 61.1 Å². The maximum absolute atomic E-state index is 13.6. The molecule has 0 amide bonds. The number of aliphatic hydroxyl groups is 1. The van der Waals surface area contributed by atoms with Crippen LogP contribution in [0, 0.1) is 6.92 Å². The second kappa shape index (κ2) is 9.62. The molecule has 34 heavy (non-hydrogen) atoms. The Morgan fingerprint density at radius 1 is 0.853 bits per heavy atom. The van der Waals surface area contributed by atoms with E-state index in [9.17, 15) is 13.5 Å². The smallest absolute Gasteiger partial charge is 0.243 e. The molecule has 0 aromatic heterocycles. The highest BCUT2D eigenvalue weighted by Crippen LogP contribution is 2.43. The standard InChI is InChI=1S/C28H32N2O3S/c1-21-9-5-6-12-27(21)34(32,33)29-17-7-8-18-30-25(19-29)28(26(30)20-31)24-15-13-23(14-16-24)22-10-3-2-4-11-22/h2-6,9-16,25-26,28,31H,7-8,17-20H2,1H3/t25-,26+,28-/m0/s1. The molecule has 0 aliphatic carbocycles. The van der Waals surface area contributed by atoms with Crippen LogP contribution in [0.5, 0.6) is 0 Å². The van der Waals surface area contributed by atoms with Crippen LogP contribution in [0.1, 0.15) is 29.9 Å². The molecule has 0 spiro atoms. The first-order valence-corrected chi connectivity index (χ1v) is 13.5. The highest BCUT2D eigenvalue weighted by molar-refractivity contribution is 7.89. The van der Waals surface area contributed by atoms with Gasteiger partial charge in [-0.05, 0) is 54.6 Å². The topological polar surface area (TPSA) is 60.9 Å². The number of hydrogen-bond donors (Lipinski definition) is 1. The summed E-state index contributed by atoms with van der Waals surface area (Å²) >= 11 is 0. The second-order valence-corrected chi connectivity index (χ2v) is 11.3. The van der Waals surface area contributed by atoms with Crippen LogP contribution in [0.2, 0.25) is 0 Å². The highest BCUT2D eigenvalue weighted by Gasteiger charge is 2.50. The van der Waals surface area contributed by atoms with Gasteiger partial charge in [-0.25, -0.2) is 8.42 Å². The molecule has 1 N–H and O–H groups in total. The van der Waals surface area contributed by atoms with E-state index in [2.05, 4.69) is 41.3 Å². The van der Waals surface area contributed by atoms with E-state index in [1.807, 2.05) is 37.3 Å². The van der Waals surface area contributed by atoms with E-state index in [1.54, 1.807) is 16.4 Å². The zero-order chi connectivity index (χ0) is 23.7. The number of nitrogens with zero attached hydrogens (tertiary/aromatic N) is 2. The summed E-state index contributed by atoms with van der Waals surface area (Å²) in [6.07, 6.45) is 1.75. The fraction of sp³-hybridized carbons (Fsp3) is 0.357. The van der Waals surface area contributed by atoms with Crippen molar-refractivity contribution < 1.29 is 13.5 Å². The Morgan fingerprint density at radius 3 is 2.21 bits per heavy atom. The van der Waals surface area contributed by atoms with Gasteiger partial charge in [-0.3, -0.25) is 4.90 Å². The highest BCUT2D eigenvalue weighted by atomic mass is 32.2. The van der Waals surface area contributed by atoms with E-state index in [1.165, 1.54) is 5.56 Å². The summed E-state index contributed by atoms with van der Waals surface area (Å²) in [6, 6.07) is 26.1. The number of sulfonamides is 1. The maximum Gasteiger partial charge on any atom is 0.243 e. The van der Waals surface area contributed by atoms with Gasteiger partial charge in [0, 0.05) is 31.1 Å². The zero-order valence-corrected chi connectivity index (χ0v) is 20.4. The Kier molecular flexibility index (Phi) is 6.58. The minimum Gasteiger partial charge on any atom is -0.395 e. The minimum absolute atomic E-state index is 0.0219. The number of aryl methyl sites for hydroxylation is 1. The molecule has 178 valence electrons. The molecular formula is C28H32N2O3S. The average molecular weight is 477 g/mol. The molecule has 2 aliphatic rings. The molecule has 0 bridgehead atoms.